The van der Waals surface area contributed by atoms with E-state index in [1.807, 2.05) is 12.1 Å². The molecule has 1 aliphatic rings. The lowest BCUT2D eigenvalue weighted by Crippen LogP contribution is -2.33. The predicted molar refractivity (Wildman–Crippen MR) is 93.2 cm³/mol. The molecule has 124 valence electrons. The summed E-state index contributed by atoms with van der Waals surface area (Å²) in [4.78, 5) is 2.36. The maximum absolute atomic E-state index is 11.9. The number of hydrogen-bond donors (Lipinski definition) is 0. The van der Waals surface area contributed by atoms with Gasteiger partial charge in [-0.2, -0.15) is 0 Å². The average Bonchev–Trinajstić information content (AvgIpc) is 2.35. The van der Waals surface area contributed by atoms with Crippen molar-refractivity contribution in [2.75, 3.05) is 26.4 Å². The highest BCUT2D eigenvalue weighted by Gasteiger charge is 2.28. The van der Waals surface area contributed by atoms with Gasteiger partial charge in [0.2, 0.25) is 0 Å². The third-order valence-corrected chi connectivity index (χ3v) is 5.29. The van der Waals surface area contributed by atoms with Crippen LogP contribution in [0.5, 0.6) is 0 Å². The molecule has 1 heterocycles. The number of benzene rings is 1. The number of sulfone groups is 1. The molecule has 0 bridgehead atoms. The molecule has 0 aromatic heterocycles. The van der Waals surface area contributed by atoms with Gasteiger partial charge >= 0.3 is 0 Å². The third kappa shape index (κ3) is 4.32. The molecule has 3 nitrogen and oxygen atoms in total. The minimum atomic E-state index is -3.03. The molecule has 0 aliphatic carbocycles. The summed E-state index contributed by atoms with van der Waals surface area (Å²) in [6.45, 7) is 8.78. The van der Waals surface area contributed by atoms with Gasteiger partial charge in [0.05, 0.1) is 5.75 Å². The second kappa shape index (κ2) is 6.32. The van der Waals surface area contributed by atoms with Crippen molar-refractivity contribution in [3.63, 3.8) is 0 Å². The minimum Gasteiger partial charge on any atom is -0.306 e. The second-order valence-corrected chi connectivity index (χ2v) is 9.94. The number of nitrogens with zero attached hydrogens (tertiary/aromatic N) is 1. The van der Waals surface area contributed by atoms with E-state index in [1.54, 1.807) is 0 Å². The van der Waals surface area contributed by atoms with Crippen LogP contribution in [0.4, 0.5) is 0 Å². The van der Waals surface area contributed by atoms with Crippen molar-refractivity contribution in [3.8, 4) is 0 Å². The van der Waals surface area contributed by atoms with Gasteiger partial charge in [0.15, 0.2) is 9.84 Å². The lowest BCUT2D eigenvalue weighted by atomic mass is 9.76. The molecule has 1 aliphatic heterocycles. The van der Waals surface area contributed by atoms with E-state index < -0.39 is 9.84 Å². The summed E-state index contributed by atoms with van der Waals surface area (Å²) in [6, 6.07) is 6.19. The Labute approximate surface area is 135 Å². The number of rotatable bonds is 3. The first kappa shape index (κ1) is 17.5. The first-order chi connectivity index (χ1) is 10.1. The van der Waals surface area contributed by atoms with E-state index in [-0.39, 0.29) is 11.2 Å². The Morgan fingerprint density at radius 2 is 1.95 bits per heavy atom. The number of likely N-dealkylation sites (N-methyl/N-ethyl adjacent to an activating group) is 1. The minimum absolute atomic E-state index is 0.0267. The van der Waals surface area contributed by atoms with E-state index in [4.69, 9.17) is 0 Å². The van der Waals surface area contributed by atoms with Gasteiger partial charge in [0.1, 0.15) is 0 Å². The van der Waals surface area contributed by atoms with E-state index in [1.165, 1.54) is 23.8 Å². The smallest absolute Gasteiger partial charge is 0.151 e. The Morgan fingerprint density at radius 3 is 2.50 bits per heavy atom. The van der Waals surface area contributed by atoms with E-state index in [0.29, 0.717) is 5.92 Å². The second-order valence-electron chi connectivity index (χ2n) is 7.80. The molecule has 1 fully saturated rings. The summed E-state index contributed by atoms with van der Waals surface area (Å²) in [6.07, 6.45) is 3.65. The van der Waals surface area contributed by atoms with Crippen LogP contribution in [0, 0.1) is 0 Å². The van der Waals surface area contributed by atoms with Crippen LogP contribution in [0.3, 0.4) is 0 Å². The van der Waals surface area contributed by atoms with Crippen LogP contribution in [0.1, 0.15) is 56.2 Å². The molecule has 22 heavy (non-hydrogen) atoms. The van der Waals surface area contributed by atoms with Crippen molar-refractivity contribution in [3.05, 3.63) is 34.9 Å². The Hall–Kier alpha value is -0.870. The monoisotopic (exact) mass is 323 g/mol. The highest BCUT2D eigenvalue weighted by Crippen LogP contribution is 2.37. The van der Waals surface area contributed by atoms with Crippen LogP contribution >= 0.6 is 0 Å². The van der Waals surface area contributed by atoms with Crippen molar-refractivity contribution >= 4 is 9.84 Å². The lowest BCUT2D eigenvalue weighted by Gasteiger charge is -2.35. The normalized spacial score (nSPS) is 21.0. The molecule has 0 radical (unpaired) electrons. The maximum Gasteiger partial charge on any atom is 0.151 e. The van der Waals surface area contributed by atoms with Gasteiger partial charge in [-0.3, -0.25) is 0 Å². The molecule has 2 rings (SSSR count). The molecule has 1 unspecified atom stereocenters. The van der Waals surface area contributed by atoms with Gasteiger partial charge in [-0.05, 0) is 54.5 Å². The molecular weight excluding hydrogens is 294 g/mol. The topological polar surface area (TPSA) is 37.4 Å². The van der Waals surface area contributed by atoms with Crippen LogP contribution in [0.25, 0.3) is 0 Å². The molecule has 4 heteroatoms. The van der Waals surface area contributed by atoms with Crippen molar-refractivity contribution in [2.24, 2.45) is 0 Å². The standard InChI is InChI=1S/C18H29NO2S/c1-18(2,3)16-10-6-8-15(13-22(5,20)21)17(16)14-9-7-11-19(4)12-14/h6,8,10,14H,7,9,11-13H2,1-5H3. The molecule has 0 amide bonds. The van der Waals surface area contributed by atoms with Gasteiger partial charge in [-0.1, -0.05) is 39.0 Å². The number of likely N-dealkylation sites (tertiary alicyclic amines) is 1. The predicted octanol–water partition coefficient (Wildman–Crippen LogP) is 3.34. The number of piperidine rings is 1. The summed E-state index contributed by atoms with van der Waals surface area (Å²) in [7, 11) is -0.873. The van der Waals surface area contributed by atoms with E-state index in [0.717, 1.165) is 25.1 Å². The molecule has 0 saturated carbocycles. The molecular formula is C18H29NO2S. The highest BCUT2D eigenvalue weighted by atomic mass is 32.2. The van der Waals surface area contributed by atoms with E-state index in [2.05, 4.69) is 38.8 Å². The Bertz CT molecular complexity index is 629. The summed E-state index contributed by atoms with van der Waals surface area (Å²) < 4.78 is 23.7. The van der Waals surface area contributed by atoms with Crippen LogP contribution in [-0.2, 0) is 21.0 Å². The quantitative estimate of drug-likeness (QED) is 0.856. The van der Waals surface area contributed by atoms with Gasteiger partial charge in [-0.25, -0.2) is 8.42 Å². The van der Waals surface area contributed by atoms with E-state index >= 15 is 0 Å². The summed E-state index contributed by atoms with van der Waals surface area (Å²) in [5.41, 5.74) is 3.61. The average molecular weight is 324 g/mol. The fourth-order valence-electron chi connectivity index (χ4n) is 3.56. The van der Waals surface area contributed by atoms with E-state index in [9.17, 15) is 8.42 Å². The van der Waals surface area contributed by atoms with Gasteiger partial charge in [-0.15, -0.1) is 0 Å². The molecule has 1 aromatic carbocycles. The lowest BCUT2D eigenvalue weighted by molar-refractivity contribution is 0.249. The first-order valence-corrected chi connectivity index (χ1v) is 10.1. The fraction of sp³-hybridized carbons (Fsp3) is 0.667. The number of hydrogen-bond acceptors (Lipinski definition) is 3. The maximum atomic E-state index is 11.9. The van der Waals surface area contributed by atoms with Crippen LogP contribution < -0.4 is 0 Å². The molecule has 0 spiro atoms. The van der Waals surface area contributed by atoms with Gasteiger partial charge in [0.25, 0.3) is 0 Å². The largest absolute Gasteiger partial charge is 0.306 e. The highest BCUT2D eigenvalue weighted by molar-refractivity contribution is 7.89. The Kier molecular flexibility index (Phi) is 5.03. The first-order valence-electron chi connectivity index (χ1n) is 8.06. The summed E-state index contributed by atoms with van der Waals surface area (Å²) >= 11 is 0. The zero-order valence-corrected chi connectivity index (χ0v) is 15.3. The van der Waals surface area contributed by atoms with Gasteiger partial charge in [0, 0.05) is 12.8 Å². The molecule has 1 aromatic rings. The zero-order valence-electron chi connectivity index (χ0n) is 14.5. The van der Waals surface area contributed by atoms with Crippen molar-refractivity contribution < 1.29 is 8.42 Å². The van der Waals surface area contributed by atoms with Crippen molar-refractivity contribution in [1.29, 1.82) is 0 Å². The third-order valence-electron chi connectivity index (χ3n) is 4.45. The Balaban J connectivity index is 2.54. The van der Waals surface area contributed by atoms with Gasteiger partial charge < -0.3 is 4.90 Å². The van der Waals surface area contributed by atoms with Crippen molar-refractivity contribution in [1.82, 2.24) is 4.90 Å². The van der Waals surface area contributed by atoms with Crippen LogP contribution in [0.2, 0.25) is 0 Å². The molecule has 1 saturated heterocycles. The summed E-state index contributed by atoms with van der Waals surface area (Å²) in [5.74, 6) is 0.581. The molecule has 0 N–H and O–H groups in total. The van der Waals surface area contributed by atoms with Crippen LogP contribution in [0.15, 0.2) is 18.2 Å². The van der Waals surface area contributed by atoms with Crippen LogP contribution in [-0.4, -0.2) is 39.7 Å². The SMILES string of the molecule is CN1CCCC(c2c(CS(C)(=O)=O)cccc2C(C)(C)C)C1. The molecule has 1 atom stereocenters. The van der Waals surface area contributed by atoms with Crippen molar-refractivity contribution in [2.45, 2.75) is 50.7 Å². The summed E-state index contributed by atoms with van der Waals surface area (Å²) in [5, 5.41) is 0. The zero-order chi connectivity index (χ0) is 16.5. The fourth-order valence-corrected chi connectivity index (χ4v) is 4.38. The Morgan fingerprint density at radius 1 is 1.27 bits per heavy atom.